The van der Waals surface area contributed by atoms with E-state index in [0.717, 1.165) is 39.7 Å². The quantitative estimate of drug-likeness (QED) is 0.578. The summed E-state index contributed by atoms with van der Waals surface area (Å²) in [6.45, 7) is 6.58. The zero-order valence-corrected chi connectivity index (χ0v) is 20.3. The summed E-state index contributed by atoms with van der Waals surface area (Å²) in [6.07, 6.45) is 0. The van der Waals surface area contributed by atoms with E-state index in [4.69, 9.17) is 14.5 Å². The van der Waals surface area contributed by atoms with Gasteiger partial charge in [0.05, 0.1) is 12.7 Å². The number of hydrogen-bond donors (Lipinski definition) is 1. The van der Waals surface area contributed by atoms with E-state index in [2.05, 4.69) is 17.1 Å². The first-order valence-electron chi connectivity index (χ1n) is 11.9. The Morgan fingerprint density at radius 2 is 1.91 bits per heavy atom. The summed E-state index contributed by atoms with van der Waals surface area (Å²) in [4.78, 5) is 22.1. The van der Waals surface area contributed by atoms with Gasteiger partial charge in [0, 0.05) is 38.3 Å². The molecule has 3 aromatic carbocycles. The Balaban J connectivity index is 1.37. The summed E-state index contributed by atoms with van der Waals surface area (Å²) in [7, 11) is 1.65. The molecule has 35 heavy (non-hydrogen) atoms. The van der Waals surface area contributed by atoms with Crippen LogP contribution in [0.4, 0.5) is 10.5 Å². The molecule has 2 heterocycles. The number of urea groups is 1. The summed E-state index contributed by atoms with van der Waals surface area (Å²) in [5.41, 5.74) is 3.89. The second-order valence-corrected chi connectivity index (χ2v) is 9.00. The molecule has 0 unspecified atom stereocenters. The molecule has 1 saturated heterocycles. The number of carbonyl (C=O) groups excluding carboxylic acids is 1. The fraction of sp³-hybridized carbons (Fsp3) is 0.286. The van der Waals surface area contributed by atoms with Crippen molar-refractivity contribution in [2.24, 2.45) is 4.99 Å². The zero-order valence-electron chi connectivity index (χ0n) is 20.3. The van der Waals surface area contributed by atoms with Crippen LogP contribution in [0.15, 0.2) is 71.7 Å². The summed E-state index contributed by atoms with van der Waals surface area (Å²) < 4.78 is 11.8. The second kappa shape index (κ2) is 9.70. The Morgan fingerprint density at radius 3 is 2.69 bits per heavy atom. The molecular weight excluding hydrogens is 440 g/mol. The number of nitrogens with zero attached hydrogens (tertiary/aromatic N) is 3. The average Bonchev–Trinajstić information content (AvgIpc) is 3.03. The molecule has 180 valence electrons. The lowest BCUT2D eigenvalue weighted by Crippen LogP contribution is -2.57. The summed E-state index contributed by atoms with van der Waals surface area (Å²) in [5, 5.41) is 3.05. The smallest absolute Gasteiger partial charge is 0.318 e. The number of nitrogens with one attached hydrogen (secondary N) is 1. The lowest BCUT2D eigenvalue weighted by molar-refractivity contribution is 0.134. The minimum absolute atomic E-state index is 0.0191. The number of carbonyl (C=O) groups is 1. The molecule has 0 radical (unpaired) electrons. The molecule has 0 spiro atoms. The minimum Gasteiger partial charge on any atom is -0.497 e. The van der Waals surface area contributed by atoms with E-state index in [-0.39, 0.29) is 12.1 Å². The van der Waals surface area contributed by atoms with Gasteiger partial charge in [0.2, 0.25) is 0 Å². The maximum absolute atomic E-state index is 12.9. The van der Waals surface area contributed by atoms with Gasteiger partial charge < -0.3 is 24.6 Å². The van der Waals surface area contributed by atoms with E-state index in [9.17, 15) is 4.79 Å². The third kappa shape index (κ3) is 4.80. The number of amides is 2. The summed E-state index contributed by atoms with van der Waals surface area (Å²) in [5.74, 6) is 3.01. The van der Waals surface area contributed by atoms with Gasteiger partial charge in [-0.2, -0.15) is 0 Å². The molecule has 2 amide bonds. The number of fused-ring (bicyclic) bond motifs is 2. The summed E-state index contributed by atoms with van der Waals surface area (Å²) >= 11 is 0. The topological polar surface area (TPSA) is 66.4 Å². The van der Waals surface area contributed by atoms with E-state index in [1.165, 1.54) is 0 Å². The average molecular weight is 471 g/mol. The molecule has 2 aliphatic heterocycles. The van der Waals surface area contributed by atoms with E-state index < -0.39 is 0 Å². The van der Waals surface area contributed by atoms with E-state index in [0.29, 0.717) is 31.9 Å². The molecule has 0 saturated carbocycles. The Hall–Kier alpha value is -4.00. The maximum atomic E-state index is 12.9. The highest BCUT2D eigenvalue weighted by Gasteiger charge is 2.31. The molecule has 1 N–H and O–H groups in total. The van der Waals surface area contributed by atoms with Crippen LogP contribution in [0.1, 0.15) is 23.6 Å². The molecule has 3 aromatic rings. The number of aryl methyl sites for hydroxylation is 1. The number of piperazine rings is 1. The molecule has 7 nitrogen and oxygen atoms in total. The van der Waals surface area contributed by atoms with Gasteiger partial charge in [-0.05, 0) is 49.2 Å². The molecule has 1 atom stereocenters. The van der Waals surface area contributed by atoms with Gasteiger partial charge in [-0.25, -0.2) is 9.79 Å². The number of amidine groups is 1. The first-order valence-corrected chi connectivity index (χ1v) is 11.9. The van der Waals surface area contributed by atoms with Crippen LogP contribution >= 0.6 is 0 Å². The van der Waals surface area contributed by atoms with Crippen LogP contribution in [0.5, 0.6) is 17.2 Å². The van der Waals surface area contributed by atoms with Crippen LogP contribution in [0.25, 0.3) is 0 Å². The fourth-order valence-electron chi connectivity index (χ4n) is 4.55. The predicted molar refractivity (Wildman–Crippen MR) is 137 cm³/mol. The van der Waals surface area contributed by atoms with E-state index in [1.54, 1.807) is 7.11 Å². The van der Waals surface area contributed by atoms with Crippen LogP contribution in [0.2, 0.25) is 0 Å². The van der Waals surface area contributed by atoms with Gasteiger partial charge in [-0.15, -0.1) is 0 Å². The van der Waals surface area contributed by atoms with Crippen LogP contribution in [-0.2, 0) is 6.54 Å². The number of methoxy groups -OCH3 is 1. The lowest BCUT2D eigenvalue weighted by Gasteiger charge is -2.41. The van der Waals surface area contributed by atoms with Crippen molar-refractivity contribution >= 4 is 17.6 Å². The van der Waals surface area contributed by atoms with Gasteiger partial charge in [0.25, 0.3) is 0 Å². The number of benzene rings is 3. The molecule has 7 heteroatoms. The van der Waals surface area contributed by atoms with Crippen molar-refractivity contribution in [3.05, 3.63) is 83.4 Å². The predicted octanol–water partition coefficient (Wildman–Crippen LogP) is 5.10. The van der Waals surface area contributed by atoms with Gasteiger partial charge in [-0.1, -0.05) is 36.4 Å². The number of ether oxygens (including phenoxy) is 2. The van der Waals surface area contributed by atoms with Crippen molar-refractivity contribution in [2.45, 2.75) is 26.4 Å². The van der Waals surface area contributed by atoms with Crippen LogP contribution in [-0.4, -0.2) is 54.5 Å². The highest BCUT2D eigenvalue weighted by atomic mass is 16.5. The third-order valence-corrected chi connectivity index (χ3v) is 6.47. The van der Waals surface area contributed by atoms with Gasteiger partial charge >= 0.3 is 6.03 Å². The maximum Gasteiger partial charge on any atom is 0.318 e. The van der Waals surface area contributed by atoms with Crippen molar-refractivity contribution in [3.8, 4) is 17.2 Å². The van der Waals surface area contributed by atoms with Crippen LogP contribution < -0.4 is 14.8 Å². The first kappa shape index (κ1) is 22.8. The van der Waals surface area contributed by atoms with E-state index in [1.807, 2.05) is 78.6 Å². The Labute approximate surface area is 206 Å². The molecule has 0 bridgehead atoms. The van der Waals surface area contributed by atoms with Crippen molar-refractivity contribution in [2.75, 3.05) is 26.7 Å². The Morgan fingerprint density at radius 1 is 1.09 bits per heavy atom. The lowest BCUT2D eigenvalue weighted by atomic mass is 10.1. The third-order valence-electron chi connectivity index (χ3n) is 6.47. The van der Waals surface area contributed by atoms with Gasteiger partial charge in [0.15, 0.2) is 5.75 Å². The number of aliphatic imine (C=N–C) groups is 1. The van der Waals surface area contributed by atoms with Gasteiger partial charge in [0.1, 0.15) is 23.0 Å². The SMILES string of the molecule is COc1ccc2c(c1)Oc1cc(C)ccc1N=C2N1CCN(C(=O)NCc2ccccc2)[C@H](C)C1. The standard InChI is InChI=1S/C28H30N4O3/c1-19-9-12-24-26(15-19)35-25-16-22(34-3)10-11-23(25)27(30-24)31-13-14-32(20(2)18-31)28(33)29-17-21-7-5-4-6-8-21/h4-12,15-16,20H,13-14,17-18H2,1-3H3,(H,29,33)/t20-/m1/s1. The molecule has 5 rings (SSSR count). The Kier molecular flexibility index (Phi) is 6.31. The van der Waals surface area contributed by atoms with Crippen molar-refractivity contribution in [1.82, 2.24) is 15.1 Å². The monoisotopic (exact) mass is 470 g/mol. The van der Waals surface area contributed by atoms with E-state index >= 15 is 0 Å². The van der Waals surface area contributed by atoms with Crippen molar-refractivity contribution < 1.29 is 14.3 Å². The zero-order chi connectivity index (χ0) is 24.4. The largest absolute Gasteiger partial charge is 0.497 e. The molecule has 1 fully saturated rings. The minimum atomic E-state index is -0.0434. The normalized spacial score (nSPS) is 16.9. The molecule has 0 aliphatic carbocycles. The summed E-state index contributed by atoms with van der Waals surface area (Å²) in [6, 6.07) is 21.8. The molecule has 2 aliphatic rings. The Bertz CT molecular complexity index is 1260. The fourth-order valence-corrected chi connectivity index (χ4v) is 4.55. The molecule has 0 aromatic heterocycles. The van der Waals surface area contributed by atoms with Crippen molar-refractivity contribution in [1.29, 1.82) is 0 Å². The molecular formula is C28H30N4O3. The highest BCUT2D eigenvalue weighted by molar-refractivity contribution is 6.04. The van der Waals surface area contributed by atoms with Crippen molar-refractivity contribution in [3.63, 3.8) is 0 Å². The highest BCUT2D eigenvalue weighted by Crippen LogP contribution is 2.40. The second-order valence-electron chi connectivity index (χ2n) is 9.00. The number of rotatable bonds is 3. The van der Waals surface area contributed by atoms with Crippen LogP contribution in [0.3, 0.4) is 0 Å². The first-order chi connectivity index (χ1) is 17.0. The van der Waals surface area contributed by atoms with Crippen LogP contribution in [0, 0.1) is 6.92 Å². The van der Waals surface area contributed by atoms with Gasteiger partial charge in [-0.3, -0.25) is 0 Å². The number of hydrogen-bond acceptors (Lipinski definition) is 5.